The average Bonchev–Trinajstić information content (AvgIpc) is 2.48. The van der Waals surface area contributed by atoms with E-state index in [0.29, 0.717) is 6.54 Å². The largest absolute Gasteiger partial charge is 0.354 e. The highest BCUT2D eigenvalue weighted by molar-refractivity contribution is 5.82. The number of carbonyl (C=O) groups excluding carboxylic acids is 1. The molecule has 0 aliphatic heterocycles. The number of rotatable bonds is 7. The van der Waals surface area contributed by atoms with Gasteiger partial charge in [0.25, 0.3) is 0 Å². The van der Waals surface area contributed by atoms with Crippen molar-refractivity contribution in [1.29, 1.82) is 0 Å². The summed E-state index contributed by atoms with van der Waals surface area (Å²) in [5.41, 5.74) is 5.61. The van der Waals surface area contributed by atoms with Gasteiger partial charge < -0.3 is 16.0 Å². The summed E-state index contributed by atoms with van der Waals surface area (Å²) in [6, 6.07) is 0. The van der Waals surface area contributed by atoms with E-state index < -0.39 is 0 Å². The minimum absolute atomic E-state index is 0.135. The van der Waals surface area contributed by atoms with Gasteiger partial charge in [-0.3, -0.25) is 4.79 Å². The first-order valence-corrected chi connectivity index (χ1v) is 8.12. The van der Waals surface area contributed by atoms with Crippen molar-refractivity contribution in [3.63, 3.8) is 0 Å². The number of likely N-dealkylation sites (N-methyl/N-ethyl adjacent to an activating group) is 1. The molecule has 1 aliphatic rings. The van der Waals surface area contributed by atoms with Crippen LogP contribution in [0.5, 0.6) is 0 Å². The van der Waals surface area contributed by atoms with Crippen LogP contribution in [0.4, 0.5) is 0 Å². The van der Waals surface area contributed by atoms with Gasteiger partial charge >= 0.3 is 0 Å². The molecular formula is C16H33N3O. The lowest BCUT2D eigenvalue weighted by molar-refractivity contribution is -0.131. The van der Waals surface area contributed by atoms with Gasteiger partial charge in [0.15, 0.2) is 0 Å². The molecule has 0 radical (unpaired) electrons. The van der Waals surface area contributed by atoms with Gasteiger partial charge in [-0.1, -0.05) is 33.1 Å². The van der Waals surface area contributed by atoms with E-state index >= 15 is 0 Å². The molecule has 4 heteroatoms. The zero-order valence-electron chi connectivity index (χ0n) is 13.8. The molecule has 1 fully saturated rings. The molecule has 0 bridgehead atoms. The summed E-state index contributed by atoms with van der Waals surface area (Å²) in [6.07, 6.45) is 7.80. The van der Waals surface area contributed by atoms with Crippen molar-refractivity contribution >= 4 is 5.91 Å². The van der Waals surface area contributed by atoms with Gasteiger partial charge in [0, 0.05) is 18.6 Å². The Balaban J connectivity index is 2.70. The van der Waals surface area contributed by atoms with E-state index in [2.05, 4.69) is 38.2 Å². The average molecular weight is 283 g/mol. The van der Waals surface area contributed by atoms with Crippen molar-refractivity contribution in [3.05, 3.63) is 0 Å². The van der Waals surface area contributed by atoms with Crippen LogP contribution >= 0.6 is 0 Å². The summed E-state index contributed by atoms with van der Waals surface area (Å²) in [5, 5.41) is 3.21. The standard InChI is InChI=1S/C16H33N3O/c1-5-15(6-2,12-17)14(20)18-13-16(19(3)4)10-8-7-9-11-16/h5-13,17H2,1-4H3,(H,18,20). The van der Waals surface area contributed by atoms with E-state index in [1.54, 1.807) is 0 Å². The zero-order valence-corrected chi connectivity index (χ0v) is 13.8. The molecule has 1 rings (SSSR count). The SMILES string of the molecule is CCC(CC)(CN)C(=O)NCC1(N(C)C)CCCCC1. The van der Waals surface area contributed by atoms with E-state index in [0.717, 1.165) is 19.4 Å². The third kappa shape index (κ3) is 3.53. The van der Waals surface area contributed by atoms with Gasteiger partial charge in [-0.2, -0.15) is 0 Å². The highest BCUT2D eigenvalue weighted by Crippen LogP contribution is 2.32. The Morgan fingerprint density at radius 2 is 1.75 bits per heavy atom. The predicted octanol–water partition coefficient (Wildman–Crippen LogP) is 2.13. The number of hydrogen-bond donors (Lipinski definition) is 2. The second kappa shape index (κ2) is 7.41. The van der Waals surface area contributed by atoms with Crippen LogP contribution in [0.1, 0.15) is 58.8 Å². The lowest BCUT2D eigenvalue weighted by Gasteiger charge is -2.44. The van der Waals surface area contributed by atoms with Crippen molar-refractivity contribution < 1.29 is 4.79 Å². The summed E-state index contributed by atoms with van der Waals surface area (Å²) in [5.74, 6) is 0.136. The van der Waals surface area contributed by atoms with Gasteiger partial charge in [-0.05, 0) is 39.8 Å². The van der Waals surface area contributed by atoms with Gasteiger partial charge in [0.05, 0.1) is 5.41 Å². The molecule has 1 saturated carbocycles. The molecule has 0 heterocycles. The lowest BCUT2D eigenvalue weighted by atomic mass is 9.79. The molecule has 0 aromatic heterocycles. The van der Waals surface area contributed by atoms with Crippen LogP contribution in [-0.2, 0) is 4.79 Å². The second-order valence-corrected chi connectivity index (χ2v) is 6.55. The quantitative estimate of drug-likeness (QED) is 0.752. The van der Waals surface area contributed by atoms with Crippen molar-refractivity contribution in [2.75, 3.05) is 27.2 Å². The lowest BCUT2D eigenvalue weighted by Crippen LogP contribution is -2.56. The maximum absolute atomic E-state index is 12.6. The fourth-order valence-electron chi connectivity index (χ4n) is 3.38. The molecule has 1 aliphatic carbocycles. The summed E-state index contributed by atoms with van der Waals surface area (Å²) in [4.78, 5) is 14.9. The van der Waals surface area contributed by atoms with E-state index in [9.17, 15) is 4.79 Å². The number of nitrogens with one attached hydrogen (secondary N) is 1. The van der Waals surface area contributed by atoms with Crippen LogP contribution in [0.25, 0.3) is 0 Å². The molecule has 0 unspecified atom stereocenters. The summed E-state index contributed by atoms with van der Waals surface area (Å²) in [6.45, 7) is 5.29. The van der Waals surface area contributed by atoms with Gasteiger partial charge in [-0.25, -0.2) is 0 Å². The Hall–Kier alpha value is -0.610. The fraction of sp³-hybridized carbons (Fsp3) is 0.938. The molecule has 0 saturated heterocycles. The monoisotopic (exact) mass is 283 g/mol. The van der Waals surface area contributed by atoms with E-state index in [-0.39, 0.29) is 16.9 Å². The zero-order chi connectivity index (χ0) is 15.2. The van der Waals surface area contributed by atoms with Crippen molar-refractivity contribution in [3.8, 4) is 0 Å². The molecule has 118 valence electrons. The number of hydrogen-bond acceptors (Lipinski definition) is 3. The highest BCUT2D eigenvalue weighted by Gasteiger charge is 2.38. The van der Waals surface area contributed by atoms with Crippen LogP contribution in [0, 0.1) is 5.41 Å². The first kappa shape index (κ1) is 17.4. The second-order valence-electron chi connectivity index (χ2n) is 6.55. The van der Waals surface area contributed by atoms with Gasteiger partial charge in [-0.15, -0.1) is 0 Å². The minimum Gasteiger partial charge on any atom is -0.354 e. The Bertz CT molecular complexity index is 297. The number of nitrogens with zero attached hydrogens (tertiary/aromatic N) is 1. The predicted molar refractivity (Wildman–Crippen MR) is 84.6 cm³/mol. The van der Waals surface area contributed by atoms with Crippen molar-refractivity contribution in [2.45, 2.75) is 64.3 Å². The number of carbonyl (C=O) groups is 1. The van der Waals surface area contributed by atoms with Crippen LogP contribution < -0.4 is 11.1 Å². The number of amides is 1. The van der Waals surface area contributed by atoms with Crippen LogP contribution in [-0.4, -0.2) is 43.5 Å². The van der Waals surface area contributed by atoms with E-state index in [1.165, 1.54) is 32.1 Å². The first-order chi connectivity index (χ1) is 9.46. The Labute approximate surface area is 124 Å². The summed E-state index contributed by atoms with van der Waals surface area (Å²) < 4.78 is 0. The smallest absolute Gasteiger partial charge is 0.227 e. The van der Waals surface area contributed by atoms with E-state index in [4.69, 9.17) is 5.73 Å². The molecule has 3 N–H and O–H groups in total. The molecule has 0 atom stereocenters. The van der Waals surface area contributed by atoms with Gasteiger partial charge in [0.2, 0.25) is 5.91 Å². The molecule has 0 spiro atoms. The van der Waals surface area contributed by atoms with Crippen LogP contribution in [0.3, 0.4) is 0 Å². The Morgan fingerprint density at radius 1 is 1.20 bits per heavy atom. The Kier molecular flexibility index (Phi) is 6.46. The molecule has 0 aromatic rings. The molecule has 0 aromatic carbocycles. The maximum Gasteiger partial charge on any atom is 0.227 e. The van der Waals surface area contributed by atoms with Crippen LogP contribution in [0.15, 0.2) is 0 Å². The molecular weight excluding hydrogens is 250 g/mol. The maximum atomic E-state index is 12.6. The normalized spacial score (nSPS) is 19.1. The van der Waals surface area contributed by atoms with Crippen molar-refractivity contribution in [2.24, 2.45) is 11.1 Å². The highest BCUT2D eigenvalue weighted by atomic mass is 16.2. The molecule has 20 heavy (non-hydrogen) atoms. The minimum atomic E-state index is -0.387. The van der Waals surface area contributed by atoms with Gasteiger partial charge in [0.1, 0.15) is 0 Å². The third-order valence-corrected chi connectivity index (χ3v) is 5.54. The van der Waals surface area contributed by atoms with Crippen LogP contribution in [0.2, 0.25) is 0 Å². The first-order valence-electron chi connectivity index (χ1n) is 8.12. The molecule has 4 nitrogen and oxygen atoms in total. The Morgan fingerprint density at radius 3 is 2.15 bits per heavy atom. The number of nitrogens with two attached hydrogens (primary N) is 1. The third-order valence-electron chi connectivity index (χ3n) is 5.54. The van der Waals surface area contributed by atoms with E-state index in [1.807, 2.05) is 0 Å². The summed E-state index contributed by atoms with van der Waals surface area (Å²) >= 11 is 0. The van der Waals surface area contributed by atoms with Crippen molar-refractivity contribution in [1.82, 2.24) is 10.2 Å². The molecule has 1 amide bonds. The topological polar surface area (TPSA) is 58.4 Å². The summed E-state index contributed by atoms with van der Waals surface area (Å²) in [7, 11) is 4.26. The fourth-order valence-corrected chi connectivity index (χ4v) is 3.38.